The van der Waals surface area contributed by atoms with Crippen molar-refractivity contribution in [2.75, 3.05) is 5.32 Å². The van der Waals surface area contributed by atoms with Crippen molar-refractivity contribution >= 4 is 27.9 Å². The monoisotopic (exact) mass is 365 g/mol. The molecule has 0 spiro atoms. The Labute approximate surface area is 155 Å². The number of aromatic nitrogens is 4. The molecule has 3 heterocycles. The van der Waals surface area contributed by atoms with E-state index in [1.54, 1.807) is 11.3 Å². The highest BCUT2D eigenvalue weighted by atomic mass is 32.1. The van der Waals surface area contributed by atoms with Gasteiger partial charge in [-0.05, 0) is 32.0 Å². The molecule has 3 aromatic heterocycles. The summed E-state index contributed by atoms with van der Waals surface area (Å²) >= 11 is 1.61. The van der Waals surface area contributed by atoms with Crippen molar-refractivity contribution < 1.29 is 4.79 Å². The van der Waals surface area contributed by atoms with Gasteiger partial charge in [-0.25, -0.2) is 4.98 Å². The Morgan fingerprint density at radius 3 is 2.73 bits per heavy atom. The molecule has 1 amide bonds. The lowest BCUT2D eigenvalue weighted by Gasteiger charge is -2.07. The van der Waals surface area contributed by atoms with Crippen LogP contribution < -0.4 is 5.32 Å². The third-order valence-electron chi connectivity index (χ3n) is 4.21. The van der Waals surface area contributed by atoms with E-state index in [0.717, 1.165) is 33.3 Å². The summed E-state index contributed by atoms with van der Waals surface area (Å²) in [5.74, 6) is -0.0205. The van der Waals surface area contributed by atoms with Gasteiger partial charge in [0.25, 0.3) is 0 Å². The van der Waals surface area contributed by atoms with E-state index in [9.17, 15) is 4.79 Å². The second kappa shape index (κ2) is 6.76. The number of fused-ring (bicyclic) bond motifs is 1. The summed E-state index contributed by atoms with van der Waals surface area (Å²) in [6, 6.07) is 9.77. The summed E-state index contributed by atoms with van der Waals surface area (Å²) in [5, 5.41) is 9.32. The number of anilines is 1. The fraction of sp³-hybridized carbons (Fsp3) is 0.211. The molecule has 1 aromatic carbocycles. The Morgan fingerprint density at radius 1 is 1.23 bits per heavy atom. The molecule has 0 aliphatic rings. The molecule has 0 bridgehead atoms. The zero-order valence-electron chi connectivity index (χ0n) is 14.6. The highest BCUT2D eigenvalue weighted by Gasteiger charge is 2.08. The lowest BCUT2D eigenvalue weighted by molar-refractivity contribution is -0.116. The van der Waals surface area contributed by atoms with E-state index in [4.69, 9.17) is 0 Å². The van der Waals surface area contributed by atoms with Gasteiger partial charge >= 0.3 is 0 Å². The van der Waals surface area contributed by atoms with Gasteiger partial charge in [0.05, 0.1) is 11.4 Å². The van der Waals surface area contributed by atoms with Crippen LogP contribution in [0.1, 0.15) is 17.8 Å². The molecule has 0 saturated carbocycles. The van der Waals surface area contributed by atoms with Crippen LogP contribution in [0.15, 0.2) is 48.1 Å². The Hall–Kier alpha value is -2.93. The maximum absolute atomic E-state index is 12.2. The van der Waals surface area contributed by atoms with Crippen molar-refractivity contribution in [1.82, 2.24) is 19.2 Å². The predicted octanol–water partition coefficient (Wildman–Crippen LogP) is 3.90. The minimum absolute atomic E-state index is 0.0205. The van der Waals surface area contributed by atoms with Gasteiger partial charge in [-0.15, -0.1) is 11.3 Å². The van der Waals surface area contributed by atoms with Crippen LogP contribution in [0.3, 0.4) is 0 Å². The van der Waals surface area contributed by atoms with E-state index in [0.29, 0.717) is 13.0 Å². The highest BCUT2D eigenvalue weighted by Crippen LogP contribution is 2.23. The second-order valence-corrected chi connectivity index (χ2v) is 7.12. The van der Waals surface area contributed by atoms with Gasteiger partial charge in [-0.3, -0.25) is 13.9 Å². The van der Waals surface area contributed by atoms with E-state index in [1.165, 1.54) is 0 Å². The Bertz CT molecular complexity index is 1030. The van der Waals surface area contributed by atoms with E-state index >= 15 is 0 Å². The highest BCUT2D eigenvalue weighted by molar-refractivity contribution is 7.15. The Morgan fingerprint density at radius 2 is 2.04 bits per heavy atom. The van der Waals surface area contributed by atoms with Crippen LogP contribution >= 0.6 is 11.3 Å². The average Bonchev–Trinajstić information content (AvgIpc) is 3.28. The molecule has 0 saturated heterocycles. The molecule has 0 aliphatic carbocycles. The van der Waals surface area contributed by atoms with Crippen LogP contribution in [-0.2, 0) is 11.3 Å². The summed E-state index contributed by atoms with van der Waals surface area (Å²) in [4.78, 5) is 17.7. The van der Waals surface area contributed by atoms with E-state index in [2.05, 4.69) is 15.4 Å². The number of imidazole rings is 1. The number of rotatable bonds is 5. The summed E-state index contributed by atoms with van der Waals surface area (Å²) in [6.45, 7) is 4.53. The van der Waals surface area contributed by atoms with Gasteiger partial charge in [-0.2, -0.15) is 5.10 Å². The zero-order valence-corrected chi connectivity index (χ0v) is 15.5. The molecular weight excluding hydrogens is 346 g/mol. The van der Waals surface area contributed by atoms with Gasteiger partial charge in [0, 0.05) is 47.7 Å². The molecule has 132 valence electrons. The van der Waals surface area contributed by atoms with Crippen molar-refractivity contribution in [2.45, 2.75) is 26.8 Å². The molecule has 0 radical (unpaired) electrons. The SMILES string of the molecule is Cc1cc(C)n(CCC(=O)Nc2ccc(-c3cn4ccsc4n3)cc2)n1. The molecule has 7 heteroatoms. The van der Waals surface area contributed by atoms with E-state index in [1.807, 2.05) is 71.0 Å². The number of amides is 1. The van der Waals surface area contributed by atoms with Gasteiger partial charge in [0.2, 0.25) is 5.91 Å². The molecule has 1 N–H and O–H groups in total. The van der Waals surface area contributed by atoms with Crippen molar-refractivity contribution in [3.63, 3.8) is 0 Å². The van der Waals surface area contributed by atoms with E-state index in [-0.39, 0.29) is 5.91 Å². The Kier molecular flexibility index (Phi) is 4.30. The van der Waals surface area contributed by atoms with Crippen molar-refractivity contribution in [3.05, 3.63) is 59.5 Å². The number of benzene rings is 1. The molecule has 26 heavy (non-hydrogen) atoms. The van der Waals surface area contributed by atoms with Crippen LogP contribution in [-0.4, -0.2) is 25.1 Å². The van der Waals surface area contributed by atoms with Crippen LogP contribution in [0.25, 0.3) is 16.2 Å². The normalized spacial score (nSPS) is 11.2. The maximum atomic E-state index is 12.2. The fourth-order valence-corrected chi connectivity index (χ4v) is 3.62. The number of hydrogen-bond acceptors (Lipinski definition) is 4. The Balaban J connectivity index is 1.38. The minimum atomic E-state index is -0.0205. The topological polar surface area (TPSA) is 64.2 Å². The zero-order chi connectivity index (χ0) is 18.1. The summed E-state index contributed by atoms with van der Waals surface area (Å²) in [7, 11) is 0. The predicted molar refractivity (Wildman–Crippen MR) is 103 cm³/mol. The number of carbonyl (C=O) groups is 1. The van der Waals surface area contributed by atoms with Crippen LogP contribution in [0.4, 0.5) is 5.69 Å². The molecule has 0 unspecified atom stereocenters. The number of thiazole rings is 1. The molecule has 0 aliphatic heterocycles. The number of carbonyl (C=O) groups excluding carboxylic acids is 1. The third kappa shape index (κ3) is 3.39. The first-order valence-electron chi connectivity index (χ1n) is 8.42. The lowest BCUT2D eigenvalue weighted by Crippen LogP contribution is -2.15. The molecule has 6 nitrogen and oxygen atoms in total. The number of nitrogens with one attached hydrogen (secondary N) is 1. The molecule has 0 fully saturated rings. The quantitative estimate of drug-likeness (QED) is 0.583. The number of hydrogen-bond donors (Lipinski definition) is 1. The number of aryl methyl sites for hydroxylation is 3. The number of nitrogens with zero attached hydrogens (tertiary/aromatic N) is 4. The maximum Gasteiger partial charge on any atom is 0.226 e. The molecule has 0 atom stereocenters. The largest absolute Gasteiger partial charge is 0.326 e. The first kappa shape index (κ1) is 16.5. The first-order valence-corrected chi connectivity index (χ1v) is 9.30. The molecule has 4 aromatic rings. The molecular formula is C19H19N5OS. The van der Waals surface area contributed by atoms with Crippen molar-refractivity contribution in [2.24, 2.45) is 0 Å². The van der Waals surface area contributed by atoms with Crippen LogP contribution in [0.5, 0.6) is 0 Å². The third-order valence-corrected chi connectivity index (χ3v) is 4.98. The average molecular weight is 365 g/mol. The first-order chi connectivity index (χ1) is 12.6. The van der Waals surface area contributed by atoms with Gasteiger partial charge in [0.15, 0.2) is 4.96 Å². The summed E-state index contributed by atoms with van der Waals surface area (Å²) < 4.78 is 3.87. The van der Waals surface area contributed by atoms with Crippen LogP contribution in [0, 0.1) is 13.8 Å². The lowest BCUT2D eigenvalue weighted by atomic mass is 10.1. The second-order valence-electron chi connectivity index (χ2n) is 6.24. The van der Waals surface area contributed by atoms with Gasteiger partial charge < -0.3 is 5.32 Å². The van der Waals surface area contributed by atoms with E-state index < -0.39 is 0 Å². The minimum Gasteiger partial charge on any atom is -0.326 e. The van der Waals surface area contributed by atoms with Crippen molar-refractivity contribution in [1.29, 1.82) is 0 Å². The molecule has 4 rings (SSSR count). The summed E-state index contributed by atoms with van der Waals surface area (Å²) in [6.07, 6.45) is 4.39. The van der Waals surface area contributed by atoms with Crippen LogP contribution in [0.2, 0.25) is 0 Å². The fourth-order valence-electron chi connectivity index (χ4n) is 2.92. The standard InChI is InChI=1S/C19H19N5OS/c1-13-11-14(2)24(22-13)8-7-18(25)20-16-5-3-15(4-6-16)17-12-23-9-10-26-19(23)21-17/h3-6,9-12H,7-8H2,1-2H3,(H,20,25). The summed E-state index contributed by atoms with van der Waals surface area (Å²) in [5.41, 5.74) is 4.78. The van der Waals surface area contributed by atoms with Gasteiger partial charge in [-0.1, -0.05) is 12.1 Å². The van der Waals surface area contributed by atoms with Crippen molar-refractivity contribution in [3.8, 4) is 11.3 Å². The smallest absolute Gasteiger partial charge is 0.226 e. The van der Waals surface area contributed by atoms with Gasteiger partial charge in [0.1, 0.15) is 0 Å².